The molecular weight excluding hydrogens is 434 g/mol. The predicted octanol–water partition coefficient (Wildman–Crippen LogP) is 5.09. The van der Waals surface area contributed by atoms with E-state index in [-0.39, 0.29) is 16.1 Å². The zero-order valence-electron chi connectivity index (χ0n) is 17.5. The van der Waals surface area contributed by atoms with Crippen LogP contribution in [0.2, 0.25) is 0 Å². The van der Waals surface area contributed by atoms with Gasteiger partial charge in [-0.1, -0.05) is 42.5 Å². The lowest BCUT2D eigenvalue weighted by atomic mass is 9.85. The summed E-state index contributed by atoms with van der Waals surface area (Å²) in [6, 6.07) is 18.7. The molecule has 8 heteroatoms. The van der Waals surface area contributed by atoms with E-state index >= 15 is 0 Å². The van der Waals surface area contributed by atoms with Gasteiger partial charge in [0.25, 0.3) is 6.08 Å². The molecule has 4 N–H and O–H groups in total. The number of anilines is 1. The maximum absolute atomic E-state index is 13.5. The van der Waals surface area contributed by atoms with Gasteiger partial charge in [0.1, 0.15) is 5.75 Å². The minimum Gasteiger partial charge on any atom is -0.497 e. The van der Waals surface area contributed by atoms with E-state index in [0.29, 0.717) is 29.7 Å². The van der Waals surface area contributed by atoms with E-state index < -0.39 is 22.0 Å². The second kappa shape index (κ2) is 9.93. The topological polar surface area (TPSA) is 95.4 Å². The largest absolute Gasteiger partial charge is 0.497 e. The van der Waals surface area contributed by atoms with Crippen molar-refractivity contribution >= 4 is 15.7 Å². The molecule has 0 aromatic heterocycles. The Labute approximate surface area is 186 Å². The van der Waals surface area contributed by atoms with Crippen molar-refractivity contribution in [2.75, 3.05) is 12.8 Å². The molecule has 3 aromatic rings. The molecule has 0 saturated carbocycles. The second-order valence-corrected chi connectivity index (χ2v) is 8.83. The lowest BCUT2D eigenvalue weighted by Gasteiger charge is -2.22. The summed E-state index contributed by atoms with van der Waals surface area (Å²) in [5.74, 6) is -0.273. The summed E-state index contributed by atoms with van der Waals surface area (Å²) in [4.78, 5) is -0.177. The van der Waals surface area contributed by atoms with Crippen LogP contribution in [0.3, 0.4) is 0 Å². The molecule has 0 unspecified atom stereocenters. The maximum Gasteiger partial charge on any atom is 0.266 e. The molecule has 0 aliphatic heterocycles. The summed E-state index contributed by atoms with van der Waals surface area (Å²) >= 11 is 0. The van der Waals surface area contributed by atoms with Gasteiger partial charge in [-0.2, -0.15) is 8.78 Å². The SMILES string of the molecule is COc1ccc(-c2c(S(N)(=O)=O)ccc(N)c2[C@@H](C=C(F)F)CCc2ccccc2)cc1. The molecule has 1 atom stereocenters. The highest BCUT2D eigenvalue weighted by molar-refractivity contribution is 7.89. The van der Waals surface area contributed by atoms with Gasteiger partial charge in [-0.25, -0.2) is 13.6 Å². The molecule has 3 rings (SSSR count). The predicted molar refractivity (Wildman–Crippen MR) is 122 cm³/mol. The Morgan fingerprint density at radius 1 is 1.03 bits per heavy atom. The molecule has 0 radical (unpaired) electrons. The summed E-state index contributed by atoms with van der Waals surface area (Å²) in [7, 11) is -2.66. The summed E-state index contributed by atoms with van der Waals surface area (Å²) in [6.07, 6.45) is -0.266. The van der Waals surface area contributed by atoms with Crippen LogP contribution in [0, 0.1) is 0 Å². The standard InChI is InChI=1S/C24H24F2N2O3S/c1-31-19-11-9-17(10-12-19)24-21(32(28,29)30)14-13-20(27)23(24)18(15-22(25)26)8-7-16-5-3-2-4-6-16/h2-6,9-15,18H,7-8,27H2,1H3,(H2,28,29,30)/t18-/m1/s1. The monoisotopic (exact) mass is 458 g/mol. The summed E-state index contributed by atoms with van der Waals surface area (Å²) < 4.78 is 56.9. The van der Waals surface area contributed by atoms with Crippen molar-refractivity contribution in [1.82, 2.24) is 0 Å². The van der Waals surface area contributed by atoms with E-state index in [2.05, 4.69) is 0 Å². The van der Waals surface area contributed by atoms with Gasteiger partial charge in [-0.05, 0) is 59.9 Å². The fourth-order valence-corrected chi connectivity index (χ4v) is 4.51. The van der Waals surface area contributed by atoms with Crippen LogP contribution in [-0.4, -0.2) is 15.5 Å². The lowest BCUT2D eigenvalue weighted by Crippen LogP contribution is -2.16. The molecule has 0 spiro atoms. The number of benzene rings is 3. The van der Waals surface area contributed by atoms with Crippen molar-refractivity contribution in [3.8, 4) is 16.9 Å². The molecule has 168 valence electrons. The van der Waals surface area contributed by atoms with Crippen LogP contribution in [0.15, 0.2) is 83.8 Å². The van der Waals surface area contributed by atoms with Crippen LogP contribution < -0.4 is 15.6 Å². The quantitative estimate of drug-likeness (QED) is 0.460. The van der Waals surface area contributed by atoms with Crippen molar-refractivity contribution in [2.45, 2.75) is 23.7 Å². The molecule has 0 aliphatic rings. The number of hydrogen-bond donors (Lipinski definition) is 2. The van der Waals surface area contributed by atoms with Gasteiger partial charge in [0.2, 0.25) is 10.0 Å². The molecule has 32 heavy (non-hydrogen) atoms. The van der Waals surface area contributed by atoms with Crippen molar-refractivity contribution in [3.05, 3.63) is 90.0 Å². The van der Waals surface area contributed by atoms with E-state index in [1.165, 1.54) is 19.2 Å². The molecule has 0 fully saturated rings. The first kappa shape index (κ1) is 23.4. The highest BCUT2D eigenvalue weighted by Gasteiger charge is 2.25. The Balaban J connectivity index is 2.21. The number of aryl methyl sites for hydroxylation is 1. The highest BCUT2D eigenvalue weighted by Crippen LogP contribution is 2.41. The molecule has 0 bridgehead atoms. The zero-order valence-corrected chi connectivity index (χ0v) is 18.3. The fraction of sp³-hybridized carbons (Fsp3) is 0.167. The van der Waals surface area contributed by atoms with E-state index in [0.717, 1.165) is 11.6 Å². The third-order valence-electron chi connectivity index (χ3n) is 5.21. The Morgan fingerprint density at radius 2 is 1.69 bits per heavy atom. The van der Waals surface area contributed by atoms with Gasteiger partial charge in [-0.15, -0.1) is 0 Å². The number of hydrogen-bond acceptors (Lipinski definition) is 4. The molecule has 3 aromatic carbocycles. The Bertz CT molecular complexity index is 1210. The smallest absolute Gasteiger partial charge is 0.266 e. The van der Waals surface area contributed by atoms with E-state index in [1.54, 1.807) is 24.3 Å². The molecule has 0 heterocycles. The highest BCUT2D eigenvalue weighted by atomic mass is 32.2. The number of primary sulfonamides is 1. The average molecular weight is 459 g/mol. The number of halogens is 2. The number of ether oxygens (including phenoxy) is 1. The van der Waals surface area contributed by atoms with Crippen molar-refractivity contribution < 1.29 is 21.9 Å². The van der Waals surface area contributed by atoms with Crippen LogP contribution >= 0.6 is 0 Å². The Kier molecular flexibility index (Phi) is 7.27. The van der Waals surface area contributed by atoms with Gasteiger partial charge in [0.15, 0.2) is 0 Å². The minimum atomic E-state index is -4.16. The number of nitrogens with two attached hydrogens (primary N) is 2. The van der Waals surface area contributed by atoms with Crippen molar-refractivity contribution in [1.29, 1.82) is 0 Å². The molecular formula is C24H24F2N2O3S. The number of methoxy groups -OCH3 is 1. The van der Waals surface area contributed by atoms with E-state index in [1.807, 2.05) is 30.3 Å². The molecule has 0 aliphatic carbocycles. The van der Waals surface area contributed by atoms with Gasteiger partial charge in [0.05, 0.1) is 12.0 Å². The first-order chi connectivity index (χ1) is 15.2. The average Bonchev–Trinajstić information content (AvgIpc) is 2.76. The Morgan fingerprint density at radius 3 is 2.25 bits per heavy atom. The lowest BCUT2D eigenvalue weighted by molar-refractivity contribution is 0.413. The number of sulfonamides is 1. The molecule has 0 saturated heterocycles. The third kappa shape index (κ3) is 5.52. The van der Waals surface area contributed by atoms with Crippen molar-refractivity contribution in [3.63, 3.8) is 0 Å². The van der Waals surface area contributed by atoms with Gasteiger partial charge < -0.3 is 10.5 Å². The van der Waals surface area contributed by atoms with Crippen LogP contribution in [0.1, 0.15) is 23.5 Å². The van der Waals surface area contributed by atoms with Crippen LogP contribution in [0.25, 0.3) is 11.1 Å². The summed E-state index contributed by atoms with van der Waals surface area (Å²) in [5.41, 5.74) is 8.41. The summed E-state index contributed by atoms with van der Waals surface area (Å²) in [5, 5.41) is 5.48. The summed E-state index contributed by atoms with van der Waals surface area (Å²) in [6.45, 7) is 0. The first-order valence-electron chi connectivity index (χ1n) is 9.87. The number of allylic oxidation sites excluding steroid dienone is 1. The minimum absolute atomic E-state index is 0.177. The van der Waals surface area contributed by atoms with E-state index in [4.69, 9.17) is 15.6 Å². The first-order valence-corrected chi connectivity index (χ1v) is 11.4. The van der Waals surface area contributed by atoms with Gasteiger partial charge in [0, 0.05) is 17.2 Å². The van der Waals surface area contributed by atoms with Crippen LogP contribution in [0.4, 0.5) is 14.5 Å². The number of nitrogen functional groups attached to an aromatic ring is 1. The second-order valence-electron chi connectivity index (χ2n) is 7.30. The number of rotatable bonds is 8. The Hall–Kier alpha value is -3.23. The van der Waals surface area contributed by atoms with E-state index in [9.17, 15) is 17.2 Å². The van der Waals surface area contributed by atoms with Crippen LogP contribution in [-0.2, 0) is 16.4 Å². The fourth-order valence-electron chi connectivity index (χ4n) is 3.74. The van der Waals surface area contributed by atoms with Crippen molar-refractivity contribution in [2.24, 2.45) is 5.14 Å². The van der Waals surface area contributed by atoms with Gasteiger partial charge in [-0.3, -0.25) is 0 Å². The van der Waals surface area contributed by atoms with Crippen LogP contribution in [0.5, 0.6) is 5.75 Å². The zero-order chi connectivity index (χ0) is 23.3. The maximum atomic E-state index is 13.5. The normalized spacial score (nSPS) is 12.2. The van der Waals surface area contributed by atoms with Gasteiger partial charge >= 0.3 is 0 Å². The molecule has 0 amide bonds. The molecule has 5 nitrogen and oxygen atoms in total. The third-order valence-corrected chi connectivity index (χ3v) is 6.16.